The molecule has 2 atom stereocenters. The molecule has 2 N–H and O–H groups in total. The summed E-state index contributed by atoms with van der Waals surface area (Å²) in [4.78, 5) is 0. The third kappa shape index (κ3) is 1.51. The van der Waals surface area contributed by atoms with Crippen molar-refractivity contribution in [3.63, 3.8) is 0 Å². The number of nitrogens with two attached hydrogens (primary N) is 1. The summed E-state index contributed by atoms with van der Waals surface area (Å²) in [6, 6.07) is 0.524. The summed E-state index contributed by atoms with van der Waals surface area (Å²) in [6.45, 7) is 2.28. The molecule has 1 nitrogen and oxygen atoms in total. The zero-order valence-electron chi connectivity index (χ0n) is 7.83. The monoisotopic (exact) mass is 185 g/mol. The van der Waals surface area contributed by atoms with Crippen LogP contribution in [0.3, 0.4) is 0 Å². The molecule has 0 spiro atoms. The first-order chi connectivity index (χ1) is 5.81. The molecule has 2 rings (SSSR count). The minimum Gasteiger partial charge on any atom is -0.328 e. The van der Waals surface area contributed by atoms with Crippen LogP contribution in [0.25, 0.3) is 0 Å². The summed E-state index contributed by atoms with van der Waals surface area (Å²) in [6.07, 6.45) is 5.51. The van der Waals surface area contributed by atoms with Gasteiger partial charge in [-0.3, -0.25) is 0 Å². The molecule has 0 amide bonds. The second kappa shape index (κ2) is 3.59. The molecule has 2 aliphatic carbocycles. The molecular weight excluding hydrogens is 166 g/mol. The largest absolute Gasteiger partial charge is 0.328 e. The first-order valence-electron chi connectivity index (χ1n) is 5.18. The van der Waals surface area contributed by atoms with Crippen LogP contribution in [-0.2, 0) is 0 Å². The molecule has 0 aromatic heterocycles. The quantitative estimate of drug-likeness (QED) is 0.714. The van der Waals surface area contributed by atoms with Crippen molar-refractivity contribution in [2.24, 2.45) is 17.6 Å². The van der Waals surface area contributed by atoms with Crippen molar-refractivity contribution in [2.75, 3.05) is 5.75 Å². The third-order valence-corrected chi connectivity index (χ3v) is 4.90. The molecule has 12 heavy (non-hydrogen) atoms. The van der Waals surface area contributed by atoms with E-state index in [1.807, 2.05) is 0 Å². The average molecular weight is 185 g/mol. The van der Waals surface area contributed by atoms with Crippen LogP contribution >= 0.6 is 11.8 Å². The third-order valence-electron chi connectivity index (χ3n) is 3.41. The van der Waals surface area contributed by atoms with Gasteiger partial charge < -0.3 is 5.73 Å². The maximum absolute atomic E-state index is 6.00. The predicted octanol–water partition coefficient (Wildman–Crippen LogP) is 2.26. The van der Waals surface area contributed by atoms with Gasteiger partial charge in [0.15, 0.2) is 0 Å². The molecular formula is C10H19NS. The maximum atomic E-state index is 6.00. The van der Waals surface area contributed by atoms with Crippen LogP contribution in [0, 0.1) is 11.8 Å². The highest BCUT2D eigenvalue weighted by molar-refractivity contribution is 7.99. The van der Waals surface area contributed by atoms with Gasteiger partial charge in [0.05, 0.1) is 0 Å². The van der Waals surface area contributed by atoms with Gasteiger partial charge in [-0.05, 0) is 43.3 Å². The molecule has 2 bridgehead atoms. The Morgan fingerprint density at radius 1 is 1.25 bits per heavy atom. The maximum Gasteiger partial charge on any atom is 0.0105 e. The number of rotatable bonds is 2. The Hall–Kier alpha value is 0.310. The SMILES string of the molecule is CCSC1C2CCC1CC(N)C2. The van der Waals surface area contributed by atoms with E-state index in [9.17, 15) is 0 Å². The Kier molecular flexibility index (Phi) is 2.66. The highest BCUT2D eigenvalue weighted by Crippen LogP contribution is 2.47. The lowest BCUT2D eigenvalue weighted by molar-refractivity contribution is 0.331. The number of hydrogen-bond donors (Lipinski definition) is 1. The van der Waals surface area contributed by atoms with Crippen molar-refractivity contribution in [2.45, 2.75) is 43.9 Å². The molecule has 0 saturated heterocycles. The molecule has 0 aromatic rings. The summed E-state index contributed by atoms with van der Waals surface area (Å²) >= 11 is 2.18. The standard InChI is InChI=1S/C10H19NS/c1-2-12-10-7-3-4-8(10)6-9(11)5-7/h7-10H,2-6,11H2,1H3. The summed E-state index contributed by atoms with van der Waals surface area (Å²) < 4.78 is 0. The highest BCUT2D eigenvalue weighted by atomic mass is 32.2. The highest BCUT2D eigenvalue weighted by Gasteiger charge is 2.41. The molecule has 0 aromatic carbocycles. The van der Waals surface area contributed by atoms with Crippen LogP contribution < -0.4 is 5.73 Å². The van der Waals surface area contributed by atoms with E-state index in [0.717, 1.165) is 17.1 Å². The van der Waals surface area contributed by atoms with E-state index in [1.165, 1.54) is 31.4 Å². The van der Waals surface area contributed by atoms with E-state index >= 15 is 0 Å². The summed E-state index contributed by atoms with van der Waals surface area (Å²) in [7, 11) is 0. The fraction of sp³-hybridized carbons (Fsp3) is 1.00. The molecule has 0 radical (unpaired) electrons. The van der Waals surface area contributed by atoms with E-state index in [4.69, 9.17) is 5.73 Å². The number of thioether (sulfide) groups is 1. The predicted molar refractivity (Wildman–Crippen MR) is 55.3 cm³/mol. The fourth-order valence-corrected chi connectivity index (χ4v) is 4.41. The Morgan fingerprint density at radius 2 is 1.83 bits per heavy atom. The molecule has 0 aliphatic heterocycles. The molecule has 2 saturated carbocycles. The van der Waals surface area contributed by atoms with Gasteiger partial charge in [-0.2, -0.15) is 11.8 Å². The van der Waals surface area contributed by atoms with Gasteiger partial charge in [0.2, 0.25) is 0 Å². The number of hydrogen-bond acceptors (Lipinski definition) is 2. The lowest BCUT2D eigenvalue weighted by Crippen LogP contribution is -2.36. The molecule has 70 valence electrons. The van der Waals surface area contributed by atoms with Crippen molar-refractivity contribution in [3.05, 3.63) is 0 Å². The van der Waals surface area contributed by atoms with Gasteiger partial charge in [0.25, 0.3) is 0 Å². The van der Waals surface area contributed by atoms with E-state index in [1.54, 1.807) is 0 Å². The van der Waals surface area contributed by atoms with Gasteiger partial charge in [-0.1, -0.05) is 6.92 Å². The van der Waals surface area contributed by atoms with Crippen LogP contribution in [0.5, 0.6) is 0 Å². The first-order valence-corrected chi connectivity index (χ1v) is 6.23. The zero-order chi connectivity index (χ0) is 8.55. The van der Waals surface area contributed by atoms with Crippen LogP contribution in [0.4, 0.5) is 0 Å². The van der Waals surface area contributed by atoms with E-state index in [0.29, 0.717) is 6.04 Å². The van der Waals surface area contributed by atoms with Crippen LogP contribution in [-0.4, -0.2) is 17.0 Å². The molecule has 0 heterocycles. The van der Waals surface area contributed by atoms with Gasteiger partial charge in [-0.25, -0.2) is 0 Å². The average Bonchev–Trinajstić information content (AvgIpc) is 2.32. The second-order valence-corrected chi connectivity index (χ2v) is 5.70. The summed E-state index contributed by atoms with van der Waals surface area (Å²) in [5.41, 5.74) is 6.00. The van der Waals surface area contributed by atoms with Crippen LogP contribution in [0.1, 0.15) is 32.6 Å². The van der Waals surface area contributed by atoms with Crippen molar-refractivity contribution >= 4 is 11.8 Å². The van der Waals surface area contributed by atoms with Gasteiger partial charge >= 0.3 is 0 Å². The van der Waals surface area contributed by atoms with E-state index in [-0.39, 0.29) is 0 Å². The van der Waals surface area contributed by atoms with Crippen molar-refractivity contribution in [1.82, 2.24) is 0 Å². The van der Waals surface area contributed by atoms with Crippen molar-refractivity contribution in [3.8, 4) is 0 Å². The van der Waals surface area contributed by atoms with Gasteiger partial charge in [0.1, 0.15) is 0 Å². The van der Waals surface area contributed by atoms with Gasteiger partial charge in [0, 0.05) is 11.3 Å². The van der Waals surface area contributed by atoms with Gasteiger partial charge in [-0.15, -0.1) is 0 Å². The molecule has 2 aliphatic rings. The molecule has 2 unspecified atom stereocenters. The van der Waals surface area contributed by atoms with E-state index < -0.39 is 0 Å². The lowest BCUT2D eigenvalue weighted by Gasteiger charge is -2.32. The normalized spacial score (nSPS) is 46.5. The summed E-state index contributed by atoms with van der Waals surface area (Å²) in [5, 5.41) is 0.967. The zero-order valence-corrected chi connectivity index (χ0v) is 8.65. The Labute approximate surface area is 79.5 Å². The Bertz CT molecular complexity index is 146. The summed E-state index contributed by atoms with van der Waals surface area (Å²) in [5.74, 6) is 3.21. The number of fused-ring (bicyclic) bond motifs is 2. The topological polar surface area (TPSA) is 26.0 Å². The fourth-order valence-electron chi connectivity index (χ4n) is 2.98. The van der Waals surface area contributed by atoms with Crippen molar-refractivity contribution < 1.29 is 0 Å². The Balaban J connectivity index is 1.99. The van der Waals surface area contributed by atoms with Crippen LogP contribution in [0.2, 0.25) is 0 Å². The Morgan fingerprint density at radius 3 is 2.33 bits per heavy atom. The molecule has 2 heteroatoms. The smallest absolute Gasteiger partial charge is 0.0105 e. The first kappa shape index (κ1) is 8.89. The second-order valence-electron chi connectivity index (χ2n) is 4.25. The lowest BCUT2D eigenvalue weighted by atomic mass is 9.85. The molecule has 2 fully saturated rings. The van der Waals surface area contributed by atoms with Crippen molar-refractivity contribution in [1.29, 1.82) is 0 Å². The minimum absolute atomic E-state index is 0.524. The minimum atomic E-state index is 0.524. The van der Waals surface area contributed by atoms with E-state index in [2.05, 4.69) is 18.7 Å². The van der Waals surface area contributed by atoms with Crippen LogP contribution in [0.15, 0.2) is 0 Å².